The third-order valence-corrected chi connectivity index (χ3v) is 12.5. The summed E-state index contributed by atoms with van der Waals surface area (Å²) in [6, 6.07) is -1.09. The van der Waals surface area contributed by atoms with Gasteiger partial charge in [-0.15, -0.1) is 6.58 Å². The Hall–Kier alpha value is -3.00. The van der Waals surface area contributed by atoms with Gasteiger partial charge < -0.3 is 39.2 Å². The van der Waals surface area contributed by atoms with Crippen molar-refractivity contribution in [1.29, 1.82) is 0 Å². The Balaban J connectivity index is 1.78. The number of rotatable bonds is 7. The molecule has 314 valence electrons. The fourth-order valence-electron chi connectivity index (χ4n) is 9.21. The number of carbonyl (C=O) groups excluding carboxylic acids is 4. The van der Waals surface area contributed by atoms with Crippen LogP contribution in [0.15, 0.2) is 48.1 Å². The van der Waals surface area contributed by atoms with Gasteiger partial charge in [-0.25, -0.2) is 4.79 Å². The predicted molar refractivity (Wildman–Crippen MR) is 211 cm³/mol. The molecular formula is C44H67NO11. The van der Waals surface area contributed by atoms with E-state index in [1.54, 1.807) is 25.2 Å². The highest BCUT2D eigenvalue weighted by Gasteiger charge is 2.56. The van der Waals surface area contributed by atoms with Crippen molar-refractivity contribution in [3.63, 3.8) is 0 Å². The van der Waals surface area contributed by atoms with E-state index in [0.29, 0.717) is 51.4 Å². The van der Waals surface area contributed by atoms with Crippen LogP contribution in [0.3, 0.4) is 0 Å². The first kappa shape index (κ1) is 45.7. The number of cyclic esters (lactones) is 1. The smallest absolute Gasteiger partial charge is 0.329 e. The van der Waals surface area contributed by atoms with Crippen LogP contribution in [-0.4, -0.2) is 113 Å². The number of ether oxygens (including phenoxy) is 4. The molecule has 0 aromatic heterocycles. The second-order valence-corrected chi connectivity index (χ2v) is 17.0. The molecule has 3 N–H and O–H groups in total. The lowest BCUT2D eigenvalue weighted by Crippen LogP contribution is -2.64. The quantitative estimate of drug-likeness (QED) is 0.180. The van der Waals surface area contributed by atoms with Crippen LogP contribution in [0, 0.1) is 35.5 Å². The molecule has 13 atom stereocenters. The molecule has 3 aliphatic heterocycles. The molecule has 1 unspecified atom stereocenters. The number of nitrogens with zero attached hydrogens (tertiary/aromatic N) is 1. The molecule has 2 saturated heterocycles. The van der Waals surface area contributed by atoms with Gasteiger partial charge in [0, 0.05) is 51.0 Å². The molecule has 12 heteroatoms. The van der Waals surface area contributed by atoms with Crippen molar-refractivity contribution in [1.82, 2.24) is 4.90 Å². The van der Waals surface area contributed by atoms with Gasteiger partial charge in [-0.2, -0.15) is 0 Å². The van der Waals surface area contributed by atoms with Crippen molar-refractivity contribution < 1.29 is 53.4 Å². The van der Waals surface area contributed by atoms with E-state index in [1.807, 2.05) is 32.9 Å². The number of carbonyl (C=O) groups is 4. The van der Waals surface area contributed by atoms with Gasteiger partial charge in [0.2, 0.25) is 5.79 Å². The van der Waals surface area contributed by atoms with E-state index < -0.39 is 77.8 Å². The van der Waals surface area contributed by atoms with Gasteiger partial charge in [-0.05, 0) is 102 Å². The zero-order chi connectivity index (χ0) is 41.3. The lowest BCUT2D eigenvalue weighted by molar-refractivity contribution is -0.302. The summed E-state index contributed by atoms with van der Waals surface area (Å²) in [6.45, 7) is 13.3. The number of hydrogen-bond donors (Lipinski definition) is 3. The van der Waals surface area contributed by atoms with E-state index >= 15 is 0 Å². The summed E-state index contributed by atoms with van der Waals surface area (Å²) in [5.74, 6) is -7.39. The molecule has 0 aromatic carbocycles. The minimum atomic E-state index is -2.49. The van der Waals surface area contributed by atoms with Crippen LogP contribution in [0.4, 0.5) is 0 Å². The summed E-state index contributed by atoms with van der Waals surface area (Å²) in [5, 5.41) is 32.3. The first-order chi connectivity index (χ1) is 26.6. The Morgan fingerprint density at radius 1 is 1.04 bits per heavy atom. The fourth-order valence-corrected chi connectivity index (χ4v) is 9.21. The molecule has 56 heavy (non-hydrogen) atoms. The molecule has 3 fully saturated rings. The second kappa shape index (κ2) is 20.6. The summed E-state index contributed by atoms with van der Waals surface area (Å²) in [7, 11) is 3.07. The first-order valence-corrected chi connectivity index (χ1v) is 20.6. The standard InChI is InChI=1S/C44H67NO11/c1-9-12-32-20-26(2)19-27(3)21-37(53-7)40-38(54-8)23-30(6)44(52,56-40)41(49)42(50)45-18-11-10-13-34(45)43(51)55-39(28(4)14-16-35(32)47)29(5)22-31-15-17-36(48)33(24-31)25-46/h9,14,16,20,22,27-28,30-34,36-40,46,48,52H,1,10-13,15,17-19,21,23-25H2,2-8H3/b16-14+,26-20+,29-22+/t27-,28-,30+,31-,32+,33-,34-,36+,37-,38-,39?,40+,44+/m0/s1. The molecule has 0 spiro atoms. The zero-order valence-electron chi connectivity index (χ0n) is 34.6. The van der Waals surface area contributed by atoms with E-state index in [0.717, 1.165) is 11.1 Å². The van der Waals surface area contributed by atoms with Crippen LogP contribution < -0.4 is 0 Å². The summed E-state index contributed by atoms with van der Waals surface area (Å²) < 4.78 is 24.2. The Labute approximate surface area is 333 Å². The van der Waals surface area contributed by atoms with Gasteiger partial charge in [-0.1, -0.05) is 50.6 Å². The Bertz CT molecular complexity index is 1490. The zero-order valence-corrected chi connectivity index (χ0v) is 34.6. The van der Waals surface area contributed by atoms with Crippen molar-refractivity contribution in [3.05, 3.63) is 48.1 Å². The molecule has 12 nitrogen and oxygen atoms in total. The fraction of sp³-hybridized carbons (Fsp3) is 0.727. The maximum Gasteiger partial charge on any atom is 0.329 e. The number of piperidine rings is 1. The number of aliphatic hydroxyl groups is 3. The molecule has 0 aromatic rings. The minimum absolute atomic E-state index is 0.0209. The molecule has 1 aliphatic carbocycles. The molecule has 0 radical (unpaired) electrons. The van der Waals surface area contributed by atoms with Crippen LogP contribution in [0.2, 0.25) is 0 Å². The van der Waals surface area contributed by atoms with Crippen molar-refractivity contribution in [2.75, 3.05) is 27.4 Å². The summed E-state index contributed by atoms with van der Waals surface area (Å²) in [5.41, 5.74) is 1.74. The topological polar surface area (TPSA) is 169 Å². The van der Waals surface area contributed by atoms with E-state index in [-0.39, 0.29) is 49.5 Å². The maximum absolute atomic E-state index is 14.2. The largest absolute Gasteiger partial charge is 0.456 e. The van der Waals surface area contributed by atoms with Crippen LogP contribution in [0.25, 0.3) is 0 Å². The van der Waals surface area contributed by atoms with Gasteiger partial charge in [0.25, 0.3) is 11.7 Å². The summed E-state index contributed by atoms with van der Waals surface area (Å²) >= 11 is 0. The Morgan fingerprint density at radius 2 is 1.73 bits per heavy atom. The second-order valence-electron chi connectivity index (χ2n) is 17.0. The highest BCUT2D eigenvalue weighted by Crippen LogP contribution is 2.39. The van der Waals surface area contributed by atoms with Gasteiger partial charge in [0.05, 0.1) is 18.3 Å². The highest BCUT2D eigenvalue weighted by atomic mass is 16.7. The third-order valence-electron chi connectivity index (χ3n) is 12.5. The molecule has 1 saturated carbocycles. The molecule has 4 aliphatic rings. The molecule has 1 amide bonds. The van der Waals surface area contributed by atoms with Crippen molar-refractivity contribution in [3.8, 4) is 0 Å². The average molecular weight is 786 g/mol. The molecule has 2 bridgehead atoms. The van der Waals surface area contributed by atoms with Crippen LogP contribution in [0.5, 0.6) is 0 Å². The third kappa shape index (κ3) is 10.9. The van der Waals surface area contributed by atoms with E-state index in [2.05, 4.69) is 13.5 Å². The van der Waals surface area contributed by atoms with E-state index in [1.165, 1.54) is 19.1 Å². The minimum Gasteiger partial charge on any atom is -0.456 e. The van der Waals surface area contributed by atoms with Crippen molar-refractivity contribution in [2.45, 2.75) is 141 Å². The number of Topliss-reactive ketones (excluding diaryl/α,β-unsaturated/α-hetero) is 1. The van der Waals surface area contributed by atoms with Gasteiger partial charge in [-0.3, -0.25) is 14.4 Å². The number of ketones is 2. The number of hydrogen-bond acceptors (Lipinski definition) is 11. The Kier molecular flexibility index (Phi) is 16.8. The maximum atomic E-state index is 14.2. The van der Waals surface area contributed by atoms with Crippen molar-refractivity contribution in [2.24, 2.45) is 35.5 Å². The SMILES string of the molecule is C=CC[C@@H]1/C=C(\C)C[C@H](C)C[C@H](OC)[C@H]2O[C@@](O)(C(=O)C(=O)N3CCCC[C@H]3C(=O)OC(/C(C)=C/[C@@H]3CC[C@@H](O)[C@H](CO)C3)[C@@H](C)/C=C/C1=O)[C@H](C)C[C@@H]2OC. The average Bonchev–Trinajstić information content (AvgIpc) is 3.18. The normalized spacial score (nSPS) is 40.4. The van der Waals surface area contributed by atoms with Crippen LogP contribution >= 0.6 is 0 Å². The molecule has 4 rings (SSSR count). The summed E-state index contributed by atoms with van der Waals surface area (Å²) in [6.07, 6.45) is 10.6. The number of allylic oxidation sites excluding steroid dienone is 5. The monoisotopic (exact) mass is 785 g/mol. The molecule has 3 heterocycles. The van der Waals surface area contributed by atoms with E-state index in [9.17, 15) is 34.5 Å². The first-order valence-electron chi connectivity index (χ1n) is 20.6. The van der Waals surface area contributed by atoms with E-state index in [4.69, 9.17) is 18.9 Å². The Morgan fingerprint density at radius 3 is 2.39 bits per heavy atom. The lowest BCUT2D eigenvalue weighted by atomic mass is 9.78. The number of amides is 1. The predicted octanol–water partition coefficient (Wildman–Crippen LogP) is 5.04. The number of aliphatic hydroxyl groups excluding tert-OH is 2. The van der Waals surface area contributed by atoms with Gasteiger partial charge in [0.1, 0.15) is 18.2 Å². The highest BCUT2D eigenvalue weighted by molar-refractivity contribution is 6.39. The lowest BCUT2D eigenvalue weighted by Gasteiger charge is -2.47. The number of fused-ring (bicyclic) bond motifs is 3. The number of methoxy groups -OCH3 is 2. The summed E-state index contributed by atoms with van der Waals surface area (Å²) in [4.78, 5) is 57.6. The van der Waals surface area contributed by atoms with Crippen LogP contribution in [0.1, 0.15) is 98.8 Å². The van der Waals surface area contributed by atoms with Crippen molar-refractivity contribution >= 4 is 23.4 Å². The number of esters is 1. The van der Waals surface area contributed by atoms with Gasteiger partial charge in [0.15, 0.2) is 5.78 Å². The van der Waals surface area contributed by atoms with Crippen LogP contribution in [-0.2, 0) is 38.1 Å². The molecular weight excluding hydrogens is 718 g/mol. The van der Waals surface area contributed by atoms with Gasteiger partial charge >= 0.3 is 5.97 Å².